The van der Waals surface area contributed by atoms with Crippen LogP contribution in [0.3, 0.4) is 0 Å². The Morgan fingerprint density at radius 2 is 2.00 bits per heavy atom. The summed E-state index contributed by atoms with van der Waals surface area (Å²) in [6.07, 6.45) is 0. The average molecular weight is 235 g/mol. The van der Waals surface area contributed by atoms with Crippen LogP contribution < -0.4 is 0 Å². The second-order valence-electron chi connectivity index (χ2n) is 1.87. The van der Waals surface area contributed by atoms with Crippen molar-refractivity contribution in [2.24, 2.45) is 0 Å². The molecule has 0 bridgehead atoms. The average Bonchev–Trinajstić information content (AvgIpc) is 2.40. The zero-order chi connectivity index (χ0) is 7.14. The summed E-state index contributed by atoms with van der Waals surface area (Å²) in [6, 6.07) is 0. The predicted molar refractivity (Wildman–Crippen MR) is 49.1 cm³/mol. The Balaban J connectivity index is 2.98. The van der Waals surface area contributed by atoms with E-state index >= 15 is 0 Å². The lowest BCUT2D eigenvalue weighted by atomic mass is 10.4. The monoisotopic (exact) mass is 234 g/mol. The normalized spacial score (nSPS) is 10.9. The molecular formula is C6H3BrOS2. The molecule has 0 aliphatic heterocycles. The van der Waals surface area contributed by atoms with Crippen molar-refractivity contribution in [2.45, 2.75) is 0 Å². The number of hydrogen-bond acceptors (Lipinski definition) is 3. The van der Waals surface area contributed by atoms with E-state index in [9.17, 15) is 5.11 Å². The maximum Gasteiger partial charge on any atom is 0.136 e. The summed E-state index contributed by atoms with van der Waals surface area (Å²) in [6.45, 7) is 0. The maximum absolute atomic E-state index is 9.27. The summed E-state index contributed by atoms with van der Waals surface area (Å²) in [5.41, 5.74) is 0. The van der Waals surface area contributed by atoms with Crippen molar-refractivity contribution in [1.82, 2.24) is 0 Å². The zero-order valence-corrected chi connectivity index (χ0v) is 8.02. The third-order valence-electron chi connectivity index (χ3n) is 1.25. The Morgan fingerprint density at radius 3 is 2.70 bits per heavy atom. The van der Waals surface area contributed by atoms with Gasteiger partial charge < -0.3 is 5.11 Å². The fourth-order valence-corrected chi connectivity index (χ4v) is 3.59. The van der Waals surface area contributed by atoms with Gasteiger partial charge in [-0.1, -0.05) is 0 Å². The minimum Gasteiger partial charge on any atom is -0.506 e. The van der Waals surface area contributed by atoms with Crippen molar-refractivity contribution >= 4 is 48.0 Å². The Hall–Kier alpha value is -0.0600. The standard InChI is InChI=1S/C6H3BrOS2/c7-3-1-9-6-5(3)4(8)2-10-6/h1-2,8H. The summed E-state index contributed by atoms with van der Waals surface area (Å²) in [4.78, 5) is 0. The highest BCUT2D eigenvalue weighted by molar-refractivity contribution is 9.10. The molecule has 0 unspecified atom stereocenters. The van der Waals surface area contributed by atoms with E-state index in [4.69, 9.17) is 0 Å². The third kappa shape index (κ3) is 0.794. The Labute approximate surface area is 74.1 Å². The van der Waals surface area contributed by atoms with E-state index < -0.39 is 0 Å². The second kappa shape index (κ2) is 2.22. The van der Waals surface area contributed by atoms with Crippen molar-refractivity contribution in [1.29, 1.82) is 0 Å². The first-order valence-electron chi connectivity index (χ1n) is 2.62. The van der Waals surface area contributed by atoms with Gasteiger partial charge in [0.05, 0.1) is 9.40 Å². The minimum absolute atomic E-state index is 0.383. The number of hydrogen-bond donors (Lipinski definition) is 1. The van der Waals surface area contributed by atoms with E-state index in [-0.39, 0.29) is 0 Å². The maximum atomic E-state index is 9.27. The molecule has 0 amide bonds. The molecule has 0 spiro atoms. The van der Waals surface area contributed by atoms with Crippen LogP contribution in [0.5, 0.6) is 5.75 Å². The first kappa shape index (κ1) is 6.64. The van der Waals surface area contributed by atoms with E-state index in [0.29, 0.717) is 5.75 Å². The lowest BCUT2D eigenvalue weighted by molar-refractivity contribution is 0.483. The quantitative estimate of drug-likeness (QED) is 0.741. The lowest BCUT2D eigenvalue weighted by Gasteiger charge is -1.81. The molecule has 10 heavy (non-hydrogen) atoms. The van der Waals surface area contributed by atoms with Crippen molar-refractivity contribution in [3.8, 4) is 5.75 Å². The van der Waals surface area contributed by atoms with Crippen LogP contribution in [-0.4, -0.2) is 5.11 Å². The number of thiophene rings is 2. The smallest absolute Gasteiger partial charge is 0.136 e. The Bertz CT molecular complexity index is 331. The summed E-state index contributed by atoms with van der Waals surface area (Å²) in [5, 5.41) is 14.0. The largest absolute Gasteiger partial charge is 0.506 e. The third-order valence-corrected chi connectivity index (χ3v) is 4.28. The molecule has 0 aliphatic rings. The molecular weight excluding hydrogens is 232 g/mol. The van der Waals surface area contributed by atoms with Crippen molar-refractivity contribution < 1.29 is 5.11 Å². The molecule has 0 aliphatic carbocycles. The predicted octanol–water partition coefficient (Wildman–Crippen LogP) is 3.43. The van der Waals surface area contributed by atoms with Crippen LogP contribution in [-0.2, 0) is 0 Å². The first-order chi connectivity index (χ1) is 4.79. The van der Waals surface area contributed by atoms with Gasteiger partial charge in [-0.2, -0.15) is 0 Å². The van der Waals surface area contributed by atoms with E-state index in [1.54, 1.807) is 28.1 Å². The van der Waals surface area contributed by atoms with E-state index in [1.807, 2.05) is 5.38 Å². The lowest BCUT2D eigenvalue weighted by Crippen LogP contribution is -1.54. The van der Waals surface area contributed by atoms with Gasteiger partial charge in [0.15, 0.2) is 0 Å². The molecule has 2 rings (SSSR count). The molecule has 0 saturated carbocycles. The summed E-state index contributed by atoms with van der Waals surface area (Å²) < 4.78 is 2.16. The Kier molecular flexibility index (Phi) is 1.47. The van der Waals surface area contributed by atoms with Crippen LogP contribution in [0.15, 0.2) is 15.2 Å². The van der Waals surface area contributed by atoms with Crippen LogP contribution in [0.4, 0.5) is 0 Å². The fraction of sp³-hybridized carbons (Fsp3) is 0. The van der Waals surface area contributed by atoms with Crippen molar-refractivity contribution in [2.75, 3.05) is 0 Å². The molecule has 52 valence electrons. The van der Waals surface area contributed by atoms with Gasteiger partial charge in [-0.15, -0.1) is 22.7 Å². The van der Waals surface area contributed by atoms with Crippen molar-refractivity contribution in [3.63, 3.8) is 0 Å². The van der Waals surface area contributed by atoms with E-state index in [2.05, 4.69) is 15.9 Å². The topological polar surface area (TPSA) is 20.2 Å². The van der Waals surface area contributed by atoms with Gasteiger partial charge in [0.1, 0.15) is 5.75 Å². The molecule has 0 aromatic carbocycles. The van der Waals surface area contributed by atoms with Gasteiger partial charge in [0.25, 0.3) is 0 Å². The molecule has 2 aromatic heterocycles. The zero-order valence-electron chi connectivity index (χ0n) is 4.80. The number of rotatable bonds is 0. The minimum atomic E-state index is 0.383. The summed E-state index contributed by atoms with van der Waals surface area (Å²) in [5.74, 6) is 0.383. The molecule has 0 atom stereocenters. The molecule has 4 heteroatoms. The van der Waals surface area contributed by atoms with Crippen molar-refractivity contribution in [3.05, 3.63) is 15.2 Å². The number of halogens is 1. The fourth-order valence-electron chi connectivity index (χ4n) is 0.802. The van der Waals surface area contributed by atoms with E-state index in [0.717, 1.165) is 9.86 Å². The molecule has 2 aromatic rings. The SMILES string of the molecule is Oc1csc2scc(Br)c12. The van der Waals surface area contributed by atoms with Gasteiger partial charge in [-0.3, -0.25) is 0 Å². The molecule has 1 N–H and O–H groups in total. The highest BCUT2D eigenvalue weighted by atomic mass is 79.9. The highest BCUT2D eigenvalue weighted by Gasteiger charge is 2.07. The molecule has 0 fully saturated rings. The number of aromatic hydroxyl groups is 1. The molecule has 0 radical (unpaired) electrons. The van der Waals surface area contributed by atoms with Crippen LogP contribution in [0, 0.1) is 0 Å². The van der Waals surface area contributed by atoms with Gasteiger partial charge >= 0.3 is 0 Å². The second-order valence-corrected chi connectivity index (χ2v) is 4.74. The van der Waals surface area contributed by atoms with Gasteiger partial charge in [0, 0.05) is 15.2 Å². The van der Waals surface area contributed by atoms with Crippen LogP contribution in [0.25, 0.3) is 9.40 Å². The van der Waals surface area contributed by atoms with Gasteiger partial charge in [-0.05, 0) is 15.9 Å². The molecule has 0 saturated heterocycles. The van der Waals surface area contributed by atoms with Crippen LogP contribution in [0.2, 0.25) is 0 Å². The number of fused-ring (bicyclic) bond motifs is 1. The van der Waals surface area contributed by atoms with Crippen LogP contribution >= 0.6 is 38.6 Å². The molecule has 2 heterocycles. The van der Waals surface area contributed by atoms with Gasteiger partial charge in [0.2, 0.25) is 0 Å². The summed E-state index contributed by atoms with van der Waals surface area (Å²) >= 11 is 6.57. The first-order valence-corrected chi connectivity index (χ1v) is 5.17. The van der Waals surface area contributed by atoms with E-state index in [1.165, 1.54) is 4.01 Å². The molecule has 1 nitrogen and oxygen atoms in total. The Morgan fingerprint density at radius 1 is 1.30 bits per heavy atom. The van der Waals surface area contributed by atoms with Gasteiger partial charge in [-0.25, -0.2) is 0 Å². The highest BCUT2D eigenvalue weighted by Crippen LogP contribution is 2.40. The summed E-state index contributed by atoms with van der Waals surface area (Å²) in [7, 11) is 0. The van der Waals surface area contributed by atoms with Crippen LogP contribution in [0.1, 0.15) is 0 Å².